The first kappa shape index (κ1) is 12.4. The van der Waals surface area contributed by atoms with Gasteiger partial charge in [0.25, 0.3) is 5.91 Å². The Morgan fingerprint density at radius 2 is 2.28 bits per heavy atom. The van der Waals surface area contributed by atoms with Gasteiger partial charge in [0.1, 0.15) is 5.75 Å². The smallest absolute Gasteiger partial charge is 0.303 e. The number of carboxylic acid groups (broad SMARTS) is 1. The molecule has 6 nitrogen and oxygen atoms in total. The first-order chi connectivity index (χ1) is 8.56. The standard InChI is InChI=1S/C12H13NO5/c14-9(2-4-12(16)17)7-1-3-10-8(5-7)13-11(15)6-18-10/h1,3,5,9,14H,2,4,6H2,(H,13,15)(H,16,17). The van der Waals surface area contributed by atoms with E-state index in [0.717, 1.165) is 0 Å². The van der Waals surface area contributed by atoms with Crippen LogP contribution in [0.3, 0.4) is 0 Å². The van der Waals surface area contributed by atoms with Gasteiger partial charge in [0.2, 0.25) is 0 Å². The molecule has 1 atom stereocenters. The van der Waals surface area contributed by atoms with Crippen LogP contribution in [0.25, 0.3) is 0 Å². The van der Waals surface area contributed by atoms with E-state index in [-0.39, 0.29) is 25.4 Å². The molecular weight excluding hydrogens is 238 g/mol. The van der Waals surface area contributed by atoms with E-state index in [0.29, 0.717) is 17.0 Å². The summed E-state index contributed by atoms with van der Waals surface area (Å²) >= 11 is 0. The summed E-state index contributed by atoms with van der Waals surface area (Å²) < 4.78 is 5.18. The molecule has 1 amide bonds. The zero-order valence-electron chi connectivity index (χ0n) is 9.55. The molecule has 1 aliphatic rings. The molecular formula is C12H13NO5. The third kappa shape index (κ3) is 2.78. The third-order valence-electron chi connectivity index (χ3n) is 2.65. The van der Waals surface area contributed by atoms with Crippen LogP contribution in [0.15, 0.2) is 18.2 Å². The van der Waals surface area contributed by atoms with Crippen LogP contribution >= 0.6 is 0 Å². The molecule has 2 rings (SSSR count). The molecule has 1 aromatic rings. The SMILES string of the molecule is O=C(O)CCC(O)c1ccc2c(c1)NC(=O)CO2. The number of carboxylic acids is 1. The van der Waals surface area contributed by atoms with E-state index in [2.05, 4.69) is 5.32 Å². The molecule has 0 bridgehead atoms. The van der Waals surface area contributed by atoms with Crippen molar-refractivity contribution >= 4 is 17.6 Å². The predicted molar refractivity (Wildman–Crippen MR) is 62.4 cm³/mol. The van der Waals surface area contributed by atoms with Crippen LogP contribution in [-0.4, -0.2) is 28.7 Å². The zero-order valence-corrected chi connectivity index (χ0v) is 9.55. The number of ether oxygens (including phenoxy) is 1. The molecule has 0 radical (unpaired) electrons. The van der Waals surface area contributed by atoms with Gasteiger partial charge in [-0.15, -0.1) is 0 Å². The summed E-state index contributed by atoms with van der Waals surface area (Å²) in [6.45, 7) is -0.0199. The number of benzene rings is 1. The molecule has 6 heteroatoms. The quantitative estimate of drug-likeness (QED) is 0.739. The molecule has 1 heterocycles. The number of anilines is 1. The number of hydrogen-bond acceptors (Lipinski definition) is 4. The maximum absolute atomic E-state index is 11.1. The van der Waals surface area contributed by atoms with E-state index >= 15 is 0 Å². The van der Waals surface area contributed by atoms with E-state index < -0.39 is 12.1 Å². The summed E-state index contributed by atoms with van der Waals surface area (Å²) in [6.07, 6.45) is -0.852. The fourth-order valence-electron chi connectivity index (χ4n) is 1.73. The lowest BCUT2D eigenvalue weighted by Gasteiger charge is -2.19. The van der Waals surface area contributed by atoms with Crippen molar-refractivity contribution in [2.75, 3.05) is 11.9 Å². The second-order valence-electron chi connectivity index (χ2n) is 4.04. The second kappa shape index (κ2) is 5.05. The fraction of sp³-hybridized carbons (Fsp3) is 0.333. The van der Waals surface area contributed by atoms with E-state index in [9.17, 15) is 14.7 Å². The summed E-state index contributed by atoms with van der Waals surface area (Å²) in [5.41, 5.74) is 1.05. The van der Waals surface area contributed by atoms with Crippen LogP contribution in [-0.2, 0) is 9.59 Å². The Bertz CT molecular complexity index is 485. The van der Waals surface area contributed by atoms with E-state index in [1.807, 2.05) is 0 Å². The molecule has 0 fully saturated rings. The van der Waals surface area contributed by atoms with Crippen molar-refractivity contribution in [2.45, 2.75) is 18.9 Å². The second-order valence-corrected chi connectivity index (χ2v) is 4.04. The number of carbonyl (C=O) groups excluding carboxylic acids is 1. The van der Waals surface area contributed by atoms with Crippen LogP contribution in [0.2, 0.25) is 0 Å². The minimum atomic E-state index is -0.955. The van der Waals surface area contributed by atoms with Gasteiger partial charge in [-0.25, -0.2) is 0 Å². The van der Waals surface area contributed by atoms with E-state index in [1.54, 1.807) is 18.2 Å². The van der Waals surface area contributed by atoms with Gasteiger partial charge in [0.15, 0.2) is 6.61 Å². The Labute approximate surface area is 103 Å². The number of nitrogens with one attached hydrogen (secondary N) is 1. The molecule has 3 N–H and O–H groups in total. The van der Waals surface area contributed by atoms with Crippen LogP contribution in [0.5, 0.6) is 5.75 Å². The Kier molecular flexibility index (Phi) is 3.47. The van der Waals surface area contributed by atoms with Crippen molar-refractivity contribution in [2.24, 2.45) is 0 Å². The van der Waals surface area contributed by atoms with Gasteiger partial charge >= 0.3 is 5.97 Å². The highest BCUT2D eigenvalue weighted by molar-refractivity contribution is 5.95. The molecule has 0 aromatic heterocycles. The predicted octanol–water partition coefficient (Wildman–Crippen LogP) is 0.916. The van der Waals surface area contributed by atoms with Crippen LogP contribution in [0, 0.1) is 0 Å². The topological polar surface area (TPSA) is 95.9 Å². The largest absolute Gasteiger partial charge is 0.482 e. The van der Waals surface area contributed by atoms with Gasteiger partial charge in [-0.3, -0.25) is 9.59 Å². The number of aliphatic carboxylic acids is 1. The van der Waals surface area contributed by atoms with Crippen LogP contribution in [0.4, 0.5) is 5.69 Å². The number of fused-ring (bicyclic) bond motifs is 1. The Balaban J connectivity index is 2.12. The number of rotatable bonds is 4. The van der Waals surface area contributed by atoms with Gasteiger partial charge < -0.3 is 20.3 Å². The molecule has 0 spiro atoms. The molecule has 1 aromatic carbocycles. The maximum Gasteiger partial charge on any atom is 0.303 e. The number of aliphatic hydroxyl groups excluding tert-OH is 1. The maximum atomic E-state index is 11.1. The monoisotopic (exact) mass is 251 g/mol. The summed E-state index contributed by atoms with van der Waals surface area (Å²) in [4.78, 5) is 21.6. The number of amides is 1. The van der Waals surface area contributed by atoms with Gasteiger partial charge in [0.05, 0.1) is 11.8 Å². The molecule has 0 aliphatic carbocycles. The van der Waals surface area contributed by atoms with Crippen molar-refractivity contribution in [1.82, 2.24) is 0 Å². The van der Waals surface area contributed by atoms with Gasteiger partial charge in [-0.05, 0) is 24.1 Å². The van der Waals surface area contributed by atoms with Crippen molar-refractivity contribution in [3.8, 4) is 5.75 Å². The summed E-state index contributed by atoms with van der Waals surface area (Å²) in [6, 6.07) is 4.90. The highest BCUT2D eigenvalue weighted by Gasteiger charge is 2.18. The summed E-state index contributed by atoms with van der Waals surface area (Å²) in [5.74, 6) is -0.660. The fourth-order valence-corrected chi connectivity index (χ4v) is 1.73. The highest BCUT2D eigenvalue weighted by Crippen LogP contribution is 2.31. The van der Waals surface area contributed by atoms with Gasteiger partial charge in [-0.1, -0.05) is 6.07 Å². The van der Waals surface area contributed by atoms with Crippen molar-refractivity contribution < 1.29 is 24.5 Å². The van der Waals surface area contributed by atoms with Gasteiger partial charge in [-0.2, -0.15) is 0 Å². The molecule has 18 heavy (non-hydrogen) atoms. The van der Waals surface area contributed by atoms with Crippen molar-refractivity contribution in [1.29, 1.82) is 0 Å². The Hall–Kier alpha value is -2.08. The normalized spacial score (nSPS) is 15.3. The Morgan fingerprint density at radius 1 is 1.50 bits per heavy atom. The number of hydrogen-bond donors (Lipinski definition) is 3. The minimum absolute atomic E-state index is 0.0199. The summed E-state index contributed by atoms with van der Waals surface area (Å²) in [7, 11) is 0. The molecule has 96 valence electrons. The molecule has 0 saturated heterocycles. The van der Waals surface area contributed by atoms with E-state index in [1.165, 1.54) is 0 Å². The molecule has 1 unspecified atom stereocenters. The van der Waals surface area contributed by atoms with Crippen molar-refractivity contribution in [3.05, 3.63) is 23.8 Å². The minimum Gasteiger partial charge on any atom is -0.482 e. The summed E-state index contributed by atoms with van der Waals surface area (Å²) in [5, 5.41) is 21.0. The molecule has 1 aliphatic heterocycles. The lowest BCUT2D eigenvalue weighted by Crippen LogP contribution is -2.25. The van der Waals surface area contributed by atoms with Gasteiger partial charge in [0, 0.05) is 6.42 Å². The Morgan fingerprint density at radius 3 is 3.00 bits per heavy atom. The van der Waals surface area contributed by atoms with E-state index in [4.69, 9.17) is 9.84 Å². The lowest BCUT2D eigenvalue weighted by molar-refractivity contribution is -0.137. The number of carbonyl (C=O) groups is 2. The first-order valence-electron chi connectivity index (χ1n) is 5.52. The highest BCUT2D eigenvalue weighted by atomic mass is 16.5. The third-order valence-corrected chi connectivity index (χ3v) is 2.65. The zero-order chi connectivity index (χ0) is 13.1. The van der Waals surface area contributed by atoms with Crippen LogP contribution < -0.4 is 10.1 Å². The van der Waals surface area contributed by atoms with Crippen molar-refractivity contribution in [3.63, 3.8) is 0 Å². The first-order valence-corrected chi connectivity index (χ1v) is 5.52. The average Bonchev–Trinajstić information content (AvgIpc) is 2.34. The van der Waals surface area contributed by atoms with Crippen LogP contribution in [0.1, 0.15) is 24.5 Å². The average molecular weight is 251 g/mol. The number of aliphatic hydroxyl groups is 1. The lowest BCUT2D eigenvalue weighted by atomic mass is 10.0. The molecule has 0 saturated carbocycles.